The molecular weight excluding hydrogens is 469 g/mol. The Hall–Kier alpha value is -1.31. The van der Waals surface area contributed by atoms with Crippen molar-refractivity contribution in [3.8, 4) is 0 Å². The number of rotatable bonds is 5. The Bertz CT molecular complexity index is 1110. The van der Waals surface area contributed by atoms with Gasteiger partial charge in [-0.3, -0.25) is 9.80 Å². The van der Waals surface area contributed by atoms with Gasteiger partial charge in [-0.2, -0.15) is 0 Å². The van der Waals surface area contributed by atoms with Crippen LogP contribution in [0, 0.1) is 0 Å². The summed E-state index contributed by atoms with van der Waals surface area (Å²) < 4.78 is 5.55. The summed E-state index contributed by atoms with van der Waals surface area (Å²) in [7, 11) is 0. The molecule has 2 aliphatic rings. The van der Waals surface area contributed by atoms with Crippen LogP contribution in [0.5, 0.6) is 0 Å². The Morgan fingerprint density at radius 2 is 1.84 bits per heavy atom. The van der Waals surface area contributed by atoms with Crippen molar-refractivity contribution < 1.29 is 9.84 Å². The molecule has 0 bridgehead atoms. The fourth-order valence-electron chi connectivity index (χ4n) is 4.89. The zero-order valence-electron chi connectivity index (χ0n) is 17.7. The van der Waals surface area contributed by atoms with E-state index in [1.807, 2.05) is 12.1 Å². The minimum absolute atomic E-state index is 0.139. The van der Waals surface area contributed by atoms with Gasteiger partial charge in [-0.1, -0.05) is 40.9 Å². The summed E-state index contributed by atoms with van der Waals surface area (Å²) in [5.74, 6) is 0. The summed E-state index contributed by atoms with van der Waals surface area (Å²) in [4.78, 5) is 8.49. The number of nitrogens with zero attached hydrogens (tertiary/aromatic N) is 2. The summed E-state index contributed by atoms with van der Waals surface area (Å²) in [5, 5.41) is 13.9. The summed E-state index contributed by atoms with van der Waals surface area (Å²) in [5.41, 5.74) is 4.44. The number of nitrogens with one attached hydrogen (secondary N) is 1. The predicted molar refractivity (Wildman–Crippen MR) is 130 cm³/mol. The number of H-pyrrole nitrogens is 1. The van der Waals surface area contributed by atoms with Crippen molar-refractivity contribution in [2.45, 2.75) is 18.6 Å². The number of aliphatic hydroxyl groups excluding tert-OH is 1. The number of halogens is 3. The quantitative estimate of drug-likeness (QED) is 0.518. The molecule has 2 aromatic carbocycles. The summed E-state index contributed by atoms with van der Waals surface area (Å²) >= 11 is 18.6. The Kier molecular flexibility index (Phi) is 6.68. The maximum Gasteiger partial charge on any atom is 0.0917 e. The largest absolute Gasteiger partial charge is 0.387 e. The second kappa shape index (κ2) is 9.51. The highest BCUT2D eigenvalue weighted by molar-refractivity contribution is 6.42. The molecule has 5 rings (SSSR count). The Labute approximate surface area is 202 Å². The van der Waals surface area contributed by atoms with Crippen molar-refractivity contribution in [3.05, 3.63) is 68.3 Å². The average molecular weight is 495 g/mol. The number of benzene rings is 2. The van der Waals surface area contributed by atoms with E-state index in [9.17, 15) is 5.11 Å². The highest BCUT2D eigenvalue weighted by Crippen LogP contribution is 2.37. The smallest absolute Gasteiger partial charge is 0.0917 e. The van der Waals surface area contributed by atoms with Crippen LogP contribution >= 0.6 is 34.8 Å². The van der Waals surface area contributed by atoms with Gasteiger partial charge >= 0.3 is 0 Å². The summed E-state index contributed by atoms with van der Waals surface area (Å²) in [6.07, 6.45) is 0.251. The third kappa shape index (κ3) is 4.53. The first-order chi connectivity index (χ1) is 15.5. The molecule has 2 N–H and O–H groups in total. The van der Waals surface area contributed by atoms with Gasteiger partial charge in [0.2, 0.25) is 0 Å². The van der Waals surface area contributed by atoms with Crippen molar-refractivity contribution in [3.63, 3.8) is 0 Å². The van der Waals surface area contributed by atoms with Gasteiger partial charge in [-0.25, -0.2) is 0 Å². The highest BCUT2D eigenvalue weighted by Gasteiger charge is 2.33. The Balaban J connectivity index is 1.45. The predicted octanol–water partition coefficient (Wildman–Crippen LogP) is 5.09. The average Bonchev–Trinajstić information content (AvgIpc) is 3.16. The number of hydrogen-bond donors (Lipinski definition) is 2. The number of aliphatic hydroxyl groups is 1. The van der Waals surface area contributed by atoms with Crippen LogP contribution in [0.15, 0.2) is 36.4 Å². The number of β-amino-alcohol motifs (C(OH)–C–C–N with tert-alkyl or cyclic N) is 1. The van der Waals surface area contributed by atoms with E-state index in [1.165, 1.54) is 16.6 Å². The van der Waals surface area contributed by atoms with Crippen LogP contribution in [0.1, 0.15) is 29.0 Å². The molecule has 1 aromatic heterocycles. The minimum Gasteiger partial charge on any atom is -0.387 e. The molecule has 1 saturated heterocycles. The van der Waals surface area contributed by atoms with Crippen LogP contribution in [0.3, 0.4) is 0 Å². The molecule has 0 radical (unpaired) electrons. The lowest BCUT2D eigenvalue weighted by Crippen LogP contribution is -2.46. The van der Waals surface area contributed by atoms with E-state index in [0.717, 1.165) is 61.9 Å². The molecule has 0 saturated carbocycles. The molecule has 0 amide bonds. The normalized spacial score (nSPS) is 21.1. The van der Waals surface area contributed by atoms with Gasteiger partial charge in [0.05, 0.1) is 35.4 Å². The van der Waals surface area contributed by atoms with Crippen molar-refractivity contribution in [2.75, 3.05) is 45.9 Å². The second-order valence-corrected chi connectivity index (χ2v) is 9.82. The van der Waals surface area contributed by atoms with E-state index in [-0.39, 0.29) is 6.04 Å². The first kappa shape index (κ1) is 22.5. The standard InChI is InChI=1S/C24H26Cl3N3O2/c25-16-2-4-21-18(12-16)17-5-6-30(14-23(31)15-1-3-19(26)20(27)11-15)22(24(17)28-21)13-29-7-9-32-10-8-29/h1-4,11-12,22-23,28,31H,5-10,13-14H2. The lowest BCUT2D eigenvalue weighted by molar-refractivity contribution is 0.0117. The van der Waals surface area contributed by atoms with Gasteiger partial charge in [0.15, 0.2) is 0 Å². The van der Waals surface area contributed by atoms with Crippen LogP contribution in [-0.4, -0.2) is 65.8 Å². The van der Waals surface area contributed by atoms with Crippen LogP contribution in [0.2, 0.25) is 15.1 Å². The zero-order chi connectivity index (χ0) is 22.2. The van der Waals surface area contributed by atoms with E-state index in [0.29, 0.717) is 16.6 Å². The third-order valence-electron chi connectivity index (χ3n) is 6.59. The van der Waals surface area contributed by atoms with Crippen molar-refractivity contribution >= 4 is 45.7 Å². The number of ether oxygens (including phenoxy) is 1. The molecule has 0 spiro atoms. The minimum atomic E-state index is -0.655. The second-order valence-electron chi connectivity index (χ2n) is 8.57. The van der Waals surface area contributed by atoms with Crippen LogP contribution in [-0.2, 0) is 11.2 Å². The summed E-state index contributed by atoms with van der Waals surface area (Å²) in [6, 6.07) is 11.5. The van der Waals surface area contributed by atoms with Gasteiger partial charge in [-0.05, 0) is 47.9 Å². The zero-order valence-corrected chi connectivity index (χ0v) is 19.9. The van der Waals surface area contributed by atoms with Gasteiger partial charge in [-0.15, -0.1) is 0 Å². The van der Waals surface area contributed by atoms with E-state index >= 15 is 0 Å². The topological polar surface area (TPSA) is 51.7 Å². The van der Waals surface area contributed by atoms with Gasteiger partial charge < -0.3 is 14.8 Å². The van der Waals surface area contributed by atoms with Crippen LogP contribution in [0.25, 0.3) is 10.9 Å². The van der Waals surface area contributed by atoms with Crippen molar-refractivity contribution in [1.82, 2.24) is 14.8 Å². The molecule has 3 aromatic rings. The molecule has 8 heteroatoms. The van der Waals surface area contributed by atoms with E-state index in [1.54, 1.807) is 12.1 Å². The lowest BCUT2D eigenvalue weighted by Gasteiger charge is -2.40. The molecule has 5 nitrogen and oxygen atoms in total. The molecule has 1 fully saturated rings. The molecule has 2 atom stereocenters. The lowest BCUT2D eigenvalue weighted by atomic mass is 9.95. The maximum atomic E-state index is 11.0. The molecule has 2 unspecified atom stereocenters. The molecule has 0 aliphatic carbocycles. The number of morpholine rings is 1. The summed E-state index contributed by atoms with van der Waals surface area (Å²) in [6.45, 7) is 5.61. The maximum absolute atomic E-state index is 11.0. The number of hydrogen-bond acceptors (Lipinski definition) is 4. The van der Waals surface area contributed by atoms with Gasteiger partial charge in [0, 0.05) is 54.3 Å². The van der Waals surface area contributed by atoms with Crippen molar-refractivity contribution in [2.24, 2.45) is 0 Å². The molecule has 170 valence electrons. The monoisotopic (exact) mass is 493 g/mol. The molecule has 2 aliphatic heterocycles. The van der Waals surface area contributed by atoms with Crippen LogP contribution in [0.4, 0.5) is 0 Å². The number of aromatic amines is 1. The van der Waals surface area contributed by atoms with Crippen LogP contribution < -0.4 is 0 Å². The Morgan fingerprint density at radius 1 is 1.03 bits per heavy atom. The van der Waals surface area contributed by atoms with Gasteiger partial charge in [0.1, 0.15) is 0 Å². The number of aromatic nitrogens is 1. The fourth-order valence-corrected chi connectivity index (χ4v) is 5.37. The number of fused-ring (bicyclic) bond motifs is 3. The van der Waals surface area contributed by atoms with Crippen molar-refractivity contribution in [1.29, 1.82) is 0 Å². The Morgan fingerprint density at radius 3 is 2.62 bits per heavy atom. The first-order valence-corrected chi connectivity index (χ1v) is 12.1. The SMILES string of the molecule is OC(CN1CCc2c([nH]c3ccc(Cl)cc23)C1CN1CCOCC1)c1ccc(Cl)c(Cl)c1. The molecule has 3 heterocycles. The van der Waals surface area contributed by atoms with Gasteiger partial charge in [0.25, 0.3) is 0 Å². The highest BCUT2D eigenvalue weighted by atomic mass is 35.5. The molecular formula is C24H26Cl3N3O2. The molecule has 32 heavy (non-hydrogen) atoms. The fraction of sp³-hybridized carbons (Fsp3) is 0.417. The van der Waals surface area contributed by atoms with E-state index < -0.39 is 6.10 Å². The first-order valence-electron chi connectivity index (χ1n) is 11.0. The third-order valence-corrected chi connectivity index (χ3v) is 7.57. The van der Waals surface area contributed by atoms with E-state index in [4.69, 9.17) is 39.5 Å². The van der Waals surface area contributed by atoms with E-state index in [2.05, 4.69) is 26.9 Å².